The molecule has 8 heteroatoms. The van der Waals surface area contributed by atoms with Crippen LogP contribution in [0.25, 0.3) is 11.1 Å². The van der Waals surface area contributed by atoms with Gasteiger partial charge in [0.1, 0.15) is 11.9 Å². The molecule has 0 radical (unpaired) electrons. The van der Waals surface area contributed by atoms with Crippen molar-refractivity contribution in [1.82, 2.24) is 10.6 Å². The minimum Gasteiger partial charge on any atom is -0.394 e. The molecule has 36 heavy (non-hydrogen) atoms. The minimum atomic E-state index is -0.746. The van der Waals surface area contributed by atoms with Gasteiger partial charge in [-0.3, -0.25) is 4.79 Å². The molecule has 0 aromatic heterocycles. The minimum absolute atomic E-state index is 0.0421. The molecular weight excluding hydrogens is 461 g/mol. The van der Waals surface area contributed by atoms with Crippen LogP contribution in [0.4, 0.5) is 14.9 Å². The van der Waals surface area contributed by atoms with Gasteiger partial charge in [-0.15, -0.1) is 0 Å². The number of aliphatic hydroxyl groups excluding tert-OH is 1. The summed E-state index contributed by atoms with van der Waals surface area (Å²) in [4.78, 5) is 24.7. The number of carbonyl (C=O) groups is 2. The van der Waals surface area contributed by atoms with Crippen LogP contribution in [0.1, 0.15) is 12.0 Å². The summed E-state index contributed by atoms with van der Waals surface area (Å²) >= 11 is 0. The van der Waals surface area contributed by atoms with Crippen LogP contribution in [-0.4, -0.2) is 41.9 Å². The number of rotatable bonds is 8. The molecule has 4 N–H and O–H groups in total. The van der Waals surface area contributed by atoms with E-state index in [-0.39, 0.29) is 24.6 Å². The van der Waals surface area contributed by atoms with Crippen LogP contribution in [0.15, 0.2) is 91.0 Å². The fourth-order valence-electron chi connectivity index (χ4n) is 3.91. The Hall–Kier alpha value is -4.01. The number of urea groups is 1. The molecule has 0 saturated carbocycles. The quantitative estimate of drug-likeness (QED) is 0.360. The van der Waals surface area contributed by atoms with Crippen molar-refractivity contribution in [3.8, 4) is 11.1 Å². The summed E-state index contributed by atoms with van der Waals surface area (Å²) in [6.45, 7) is 0.0228. The average Bonchev–Trinajstić information content (AvgIpc) is 2.90. The van der Waals surface area contributed by atoms with Crippen molar-refractivity contribution in [2.75, 3.05) is 11.9 Å². The number of benzene rings is 3. The molecule has 7 nitrogen and oxygen atoms in total. The summed E-state index contributed by atoms with van der Waals surface area (Å²) in [6, 6.07) is 22.6. The molecule has 0 spiro atoms. The van der Waals surface area contributed by atoms with E-state index in [1.165, 1.54) is 18.2 Å². The van der Waals surface area contributed by atoms with Crippen LogP contribution in [0.2, 0.25) is 0 Å². The van der Waals surface area contributed by atoms with Crippen LogP contribution in [0.5, 0.6) is 0 Å². The van der Waals surface area contributed by atoms with E-state index in [1.807, 2.05) is 54.6 Å². The number of carbonyl (C=O) groups excluding carboxylic acids is 2. The maximum atomic E-state index is 13.7. The van der Waals surface area contributed by atoms with Gasteiger partial charge in [-0.05, 0) is 28.8 Å². The summed E-state index contributed by atoms with van der Waals surface area (Å²) in [5.41, 5.74) is 3.25. The molecule has 1 heterocycles. The first kappa shape index (κ1) is 25.1. The standard InChI is InChI=1S/C28H28FN3O4/c29-23-8-4-5-9-24(23)31-28(35)32-25-15-14-22(36-26(25)18-33)16-27(34)30-17-19-10-12-21(13-11-19)20-6-2-1-3-7-20/h1-15,22,25-26,33H,16-18H2,(H,30,34)(H2,31,32,35)/t22-,25+,26+/m1/s1. The van der Waals surface area contributed by atoms with E-state index in [2.05, 4.69) is 16.0 Å². The van der Waals surface area contributed by atoms with E-state index in [4.69, 9.17) is 4.74 Å². The lowest BCUT2D eigenvalue weighted by atomic mass is 10.0. The third kappa shape index (κ3) is 6.78. The zero-order valence-electron chi connectivity index (χ0n) is 19.6. The Morgan fingerprint density at radius 3 is 2.31 bits per heavy atom. The second-order valence-corrected chi connectivity index (χ2v) is 8.43. The largest absolute Gasteiger partial charge is 0.394 e. The highest BCUT2D eigenvalue weighted by Gasteiger charge is 2.29. The molecular formula is C28H28FN3O4. The monoisotopic (exact) mass is 489 g/mol. The van der Waals surface area contributed by atoms with Crippen molar-refractivity contribution in [1.29, 1.82) is 0 Å². The molecule has 0 saturated heterocycles. The first-order chi connectivity index (χ1) is 17.5. The summed E-state index contributed by atoms with van der Waals surface area (Å²) in [5.74, 6) is -0.753. The van der Waals surface area contributed by atoms with E-state index in [1.54, 1.807) is 18.2 Å². The molecule has 0 fully saturated rings. The molecule has 3 amide bonds. The Morgan fingerprint density at radius 2 is 1.58 bits per heavy atom. The SMILES string of the molecule is O=C(C[C@H]1C=C[C@H](NC(=O)Nc2ccccc2F)[C@H](CO)O1)NCc1ccc(-c2ccccc2)cc1. The third-order valence-corrected chi connectivity index (χ3v) is 5.82. The first-order valence-corrected chi connectivity index (χ1v) is 11.7. The van der Waals surface area contributed by atoms with Gasteiger partial charge < -0.3 is 25.8 Å². The van der Waals surface area contributed by atoms with Gasteiger partial charge in [0.15, 0.2) is 0 Å². The van der Waals surface area contributed by atoms with E-state index in [0.717, 1.165) is 16.7 Å². The van der Waals surface area contributed by atoms with Gasteiger partial charge in [-0.25, -0.2) is 9.18 Å². The van der Waals surface area contributed by atoms with E-state index >= 15 is 0 Å². The van der Waals surface area contributed by atoms with Crippen molar-refractivity contribution in [2.24, 2.45) is 0 Å². The third-order valence-electron chi connectivity index (χ3n) is 5.82. The van der Waals surface area contributed by atoms with Crippen molar-refractivity contribution < 1.29 is 23.8 Å². The number of nitrogens with one attached hydrogen (secondary N) is 3. The maximum Gasteiger partial charge on any atom is 0.319 e. The molecule has 0 unspecified atom stereocenters. The zero-order chi connectivity index (χ0) is 25.3. The number of aliphatic hydroxyl groups is 1. The van der Waals surface area contributed by atoms with Crippen LogP contribution >= 0.6 is 0 Å². The summed E-state index contributed by atoms with van der Waals surface area (Å²) in [5, 5.41) is 17.7. The predicted octanol–water partition coefficient (Wildman–Crippen LogP) is 4.01. The van der Waals surface area contributed by atoms with Crippen LogP contribution in [0, 0.1) is 5.82 Å². The molecule has 0 aliphatic carbocycles. The summed E-state index contributed by atoms with van der Waals surface area (Å²) < 4.78 is 19.5. The Morgan fingerprint density at radius 1 is 0.889 bits per heavy atom. The Labute approximate surface area is 209 Å². The normalized spacial score (nSPS) is 18.9. The Balaban J connectivity index is 1.25. The first-order valence-electron chi connectivity index (χ1n) is 11.7. The zero-order valence-corrected chi connectivity index (χ0v) is 19.6. The van der Waals surface area contributed by atoms with Gasteiger partial charge in [0.05, 0.1) is 30.9 Å². The van der Waals surface area contributed by atoms with Crippen LogP contribution in [0.3, 0.4) is 0 Å². The van der Waals surface area contributed by atoms with Crippen molar-refractivity contribution in [3.05, 3.63) is 102 Å². The van der Waals surface area contributed by atoms with Gasteiger partial charge in [0, 0.05) is 6.54 Å². The lowest BCUT2D eigenvalue weighted by molar-refractivity contribution is -0.125. The molecule has 3 aromatic rings. The van der Waals surface area contributed by atoms with Crippen molar-refractivity contribution in [2.45, 2.75) is 31.2 Å². The number of halogens is 1. The number of hydrogen-bond donors (Lipinski definition) is 4. The molecule has 4 rings (SSSR count). The molecule has 3 aromatic carbocycles. The van der Waals surface area contributed by atoms with Gasteiger partial charge in [-0.1, -0.05) is 78.9 Å². The highest BCUT2D eigenvalue weighted by molar-refractivity contribution is 5.89. The molecule has 0 bridgehead atoms. The number of anilines is 1. The number of ether oxygens (including phenoxy) is 1. The van der Waals surface area contributed by atoms with Crippen LogP contribution < -0.4 is 16.0 Å². The number of hydrogen-bond acceptors (Lipinski definition) is 4. The van der Waals surface area contributed by atoms with Gasteiger partial charge in [0.25, 0.3) is 0 Å². The second kappa shape index (κ2) is 12.1. The highest BCUT2D eigenvalue weighted by Crippen LogP contribution is 2.20. The lowest BCUT2D eigenvalue weighted by Crippen LogP contribution is -2.50. The average molecular weight is 490 g/mol. The van der Waals surface area contributed by atoms with Gasteiger partial charge in [-0.2, -0.15) is 0 Å². The van der Waals surface area contributed by atoms with Crippen molar-refractivity contribution >= 4 is 17.6 Å². The number of para-hydroxylation sites is 1. The Bertz CT molecular complexity index is 1200. The van der Waals surface area contributed by atoms with Crippen LogP contribution in [-0.2, 0) is 16.1 Å². The highest BCUT2D eigenvalue weighted by atomic mass is 19.1. The maximum absolute atomic E-state index is 13.7. The Kier molecular flexibility index (Phi) is 8.44. The van der Waals surface area contributed by atoms with E-state index in [9.17, 15) is 19.1 Å². The fourth-order valence-corrected chi connectivity index (χ4v) is 3.91. The fraction of sp³-hybridized carbons (Fsp3) is 0.214. The molecule has 3 atom stereocenters. The predicted molar refractivity (Wildman–Crippen MR) is 136 cm³/mol. The molecule has 1 aliphatic heterocycles. The van der Waals surface area contributed by atoms with Gasteiger partial charge >= 0.3 is 6.03 Å². The molecule has 186 valence electrons. The smallest absolute Gasteiger partial charge is 0.319 e. The summed E-state index contributed by atoms with van der Waals surface area (Å²) in [7, 11) is 0. The summed E-state index contributed by atoms with van der Waals surface area (Å²) in [6.07, 6.45) is 2.13. The molecule has 1 aliphatic rings. The van der Waals surface area contributed by atoms with E-state index < -0.39 is 30.1 Å². The van der Waals surface area contributed by atoms with Gasteiger partial charge in [0.2, 0.25) is 5.91 Å². The topological polar surface area (TPSA) is 99.7 Å². The lowest BCUT2D eigenvalue weighted by Gasteiger charge is -2.31. The van der Waals surface area contributed by atoms with Crippen molar-refractivity contribution in [3.63, 3.8) is 0 Å². The van der Waals surface area contributed by atoms with E-state index in [0.29, 0.717) is 6.54 Å². The second-order valence-electron chi connectivity index (χ2n) is 8.43. The number of amides is 3.